The summed E-state index contributed by atoms with van der Waals surface area (Å²) in [5.74, 6) is 1.51. The van der Waals surface area contributed by atoms with Gasteiger partial charge in [-0.3, -0.25) is 0 Å². The van der Waals surface area contributed by atoms with Crippen LogP contribution in [0.25, 0.3) is 0 Å². The standard InChI is InChI=1S/C16H23ClN3O2S/c1-3-11(4-2)20(12-5-8-22-9-6-12)15-14-13(7-10-23(14)21)18-16(17)19-15/h3,12,21H,4-10H2,1-2H3/q+1/b11-3+. The number of aryl methyl sites for hydroxylation is 1. The number of halogens is 1. The van der Waals surface area contributed by atoms with Gasteiger partial charge < -0.3 is 9.64 Å². The second kappa shape index (κ2) is 7.38. The van der Waals surface area contributed by atoms with Gasteiger partial charge in [0.25, 0.3) is 4.90 Å². The molecule has 1 aromatic rings. The molecule has 2 aliphatic rings. The maximum atomic E-state index is 10.5. The molecule has 126 valence electrons. The topological polar surface area (TPSA) is 58.5 Å². The molecule has 0 amide bonds. The summed E-state index contributed by atoms with van der Waals surface area (Å²) < 4.78 is 16.0. The van der Waals surface area contributed by atoms with Crippen LogP contribution in [0.4, 0.5) is 5.82 Å². The van der Waals surface area contributed by atoms with Crippen molar-refractivity contribution < 1.29 is 9.29 Å². The molecule has 1 unspecified atom stereocenters. The lowest BCUT2D eigenvalue weighted by Crippen LogP contribution is -2.40. The number of rotatable bonds is 4. The SMILES string of the molecule is C/C=C(\CC)N(c1nc(Cl)nc2c1[S+](O)CC2)C1CCOCC1. The molecule has 2 aliphatic heterocycles. The Morgan fingerprint density at radius 3 is 2.83 bits per heavy atom. The Balaban J connectivity index is 2.10. The summed E-state index contributed by atoms with van der Waals surface area (Å²) in [6, 6.07) is 0.322. The van der Waals surface area contributed by atoms with Gasteiger partial charge in [0, 0.05) is 31.4 Å². The van der Waals surface area contributed by atoms with Crippen molar-refractivity contribution in [3.8, 4) is 0 Å². The molecule has 3 rings (SSSR count). The molecule has 1 saturated heterocycles. The highest BCUT2D eigenvalue weighted by Crippen LogP contribution is 2.38. The van der Waals surface area contributed by atoms with Crippen LogP contribution in [0, 0.1) is 0 Å². The lowest BCUT2D eigenvalue weighted by Gasteiger charge is -2.36. The molecule has 1 aromatic heterocycles. The number of anilines is 1. The molecule has 0 aromatic carbocycles. The Hall–Kier alpha value is -0.820. The third-order valence-corrected chi connectivity index (χ3v) is 6.10. The third kappa shape index (κ3) is 3.36. The van der Waals surface area contributed by atoms with Crippen molar-refractivity contribution in [3.05, 3.63) is 22.8 Å². The summed E-state index contributed by atoms with van der Waals surface area (Å²) >= 11 is 5.38. The number of allylic oxidation sites excluding steroid dienone is 2. The minimum Gasteiger partial charge on any atom is -0.381 e. The summed E-state index contributed by atoms with van der Waals surface area (Å²) in [4.78, 5) is 12.0. The van der Waals surface area contributed by atoms with Gasteiger partial charge in [-0.2, -0.15) is 9.54 Å². The average Bonchev–Trinajstić information content (AvgIpc) is 2.93. The molecule has 23 heavy (non-hydrogen) atoms. The second-order valence-electron chi connectivity index (χ2n) is 5.76. The van der Waals surface area contributed by atoms with E-state index in [4.69, 9.17) is 16.3 Å². The first kappa shape index (κ1) is 17.0. The van der Waals surface area contributed by atoms with Crippen molar-refractivity contribution in [3.63, 3.8) is 0 Å². The molecule has 0 bridgehead atoms. The highest BCUT2D eigenvalue weighted by Gasteiger charge is 2.41. The molecule has 1 atom stereocenters. The molecule has 5 nitrogen and oxygen atoms in total. The first-order valence-electron chi connectivity index (χ1n) is 8.14. The van der Waals surface area contributed by atoms with Gasteiger partial charge in [-0.15, -0.1) is 0 Å². The summed E-state index contributed by atoms with van der Waals surface area (Å²) in [7, 11) is 0. The smallest absolute Gasteiger partial charge is 0.254 e. The van der Waals surface area contributed by atoms with Crippen LogP contribution in [0.1, 0.15) is 38.8 Å². The second-order valence-corrected chi connectivity index (χ2v) is 7.64. The molecule has 0 spiro atoms. The number of ether oxygens (including phenoxy) is 1. The van der Waals surface area contributed by atoms with Crippen molar-refractivity contribution in [2.45, 2.75) is 50.5 Å². The Morgan fingerprint density at radius 2 is 2.17 bits per heavy atom. The van der Waals surface area contributed by atoms with Gasteiger partial charge in [-0.25, -0.2) is 4.98 Å². The van der Waals surface area contributed by atoms with E-state index in [1.165, 1.54) is 5.70 Å². The minimum atomic E-state index is -0.797. The van der Waals surface area contributed by atoms with E-state index in [0.717, 1.165) is 61.1 Å². The van der Waals surface area contributed by atoms with Gasteiger partial charge in [-0.05, 0) is 37.8 Å². The van der Waals surface area contributed by atoms with E-state index in [1.807, 2.05) is 6.92 Å². The van der Waals surface area contributed by atoms with E-state index in [-0.39, 0.29) is 5.28 Å². The largest absolute Gasteiger partial charge is 0.381 e. The average molecular weight is 357 g/mol. The molecule has 0 aliphatic carbocycles. The minimum absolute atomic E-state index is 0.265. The van der Waals surface area contributed by atoms with E-state index in [0.29, 0.717) is 6.04 Å². The van der Waals surface area contributed by atoms with Crippen molar-refractivity contribution in [2.24, 2.45) is 0 Å². The van der Waals surface area contributed by atoms with Crippen LogP contribution in [0.2, 0.25) is 5.28 Å². The number of aromatic nitrogens is 2. The van der Waals surface area contributed by atoms with Crippen LogP contribution >= 0.6 is 11.6 Å². The first-order valence-corrected chi connectivity index (χ1v) is 9.87. The van der Waals surface area contributed by atoms with Crippen LogP contribution in [-0.2, 0) is 22.3 Å². The first-order chi connectivity index (χ1) is 11.2. The fourth-order valence-corrected chi connectivity index (χ4v) is 4.87. The van der Waals surface area contributed by atoms with Gasteiger partial charge in [0.1, 0.15) is 5.69 Å². The Kier molecular flexibility index (Phi) is 5.46. The lowest BCUT2D eigenvalue weighted by molar-refractivity contribution is 0.0854. The number of hydrogen-bond acceptors (Lipinski definition) is 5. The molecule has 1 fully saturated rings. The maximum Gasteiger partial charge on any atom is 0.254 e. The Morgan fingerprint density at radius 1 is 1.43 bits per heavy atom. The fourth-order valence-electron chi connectivity index (χ4n) is 3.32. The third-order valence-electron chi connectivity index (χ3n) is 4.45. The van der Waals surface area contributed by atoms with E-state index in [9.17, 15) is 4.55 Å². The van der Waals surface area contributed by atoms with E-state index >= 15 is 0 Å². The predicted molar refractivity (Wildman–Crippen MR) is 94.2 cm³/mol. The fraction of sp³-hybridized carbons (Fsp3) is 0.625. The molecule has 1 N–H and O–H groups in total. The molecule has 0 radical (unpaired) electrons. The van der Waals surface area contributed by atoms with Crippen LogP contribution in [-0.4, -0.2) is 39.5 Å². The van der Waals surface area contributed by atoms with Crippen molar-refractivity contribution in [1.29, 1.82) is 0 Å². The maximum absolute atomic E-state index is 10.5. The Bertz CT molecular complexity index is 605. The number of fused-ring (bicyclic) bond motifs is 1. The van der Waals surface area contributed by atoms with Crippen LogP contribution in [0.3, 0.4) is 0 Å². The molecule has 0 saturated carbocycles. The van der Waals surface area contributed by atoms with Gasteiger partial charge in [0.05, 0.1) is 0 Å². The Labute approximate surface area is 145 Å². The molecule has 3 heterocycles. The van der Waals surface area contributed by atoms with Crippen LogP contribution in [0.5, 0.6) is 0 Å². The lowest BCUT2D eigenvalue weighted by atomic mass is 10.0. The van der Waals surface area contributed by atoms with Gasteiger partial charge in [0.15, 0.2) is 22.7 Å². The zero-order valence-corrected chi connectivity index (χ0v) is 15.2. The van der Waals surface area contributed by atoms with Crippen molar-refractivity contribution >= 4 is 28.6 Å². The van der Waals surface area contributed by atoms with Gasteiger partial charge in [0.2, 0.25) is 5.28 Å². The van der Waals surface area contributed by atoms with Crippen molar-refractivity contribution in [1.82, 2.24) is 9.97 Å². The summed E-state index contributed by atoms with van der Waals surface area (Å²) in [6.07, 6.45) is 5.70. The summed E-state index contributed by atoms with van der Waals surface area (Å²) in [5.41, 5.74) is 2.10. The van der Waals surface area contributed by atoms with Gasteiger partial charge >= 0.3 is 0 Å². The highest BCUT2D eigenvalue weighted by molar-refractivity contribution is 7.92. The summed E-state index contributed by atoms with van der Waals surface area (Å²) in [5, 5.41) is 0.265. The normalized spacial score (nSPS) is 22.3. The molecular formula is C16H23ClN3O2S+. The quantitative estimate of drug-likeness (QED) is 0.661. The predicted octanol–water partition coefficient (Wildman–Crippen LogP) is 3.44. The molecular weight excluding hydrogens is 334 g/mol. The van der Waals surface area contributed by atoms with E-state index in [1.54, 1.807) is 0 Å². The van der Waals surface area contributed by atoms with E-state index in [2.05, 4.69) is 27.9 Å². The number of hydrogen-bond donors (Lipinski definition) is 1. The zero-order chi connectivity index (χ0) is 16.4. The molecule has 7 heteroatoms. The monoisotopic (exact) mass is 356 g/mol. The van der Waals surface area contributed by atoms with E-state index < -0.39 is 11.2 Å². The van der Waals surface area contributed by atoms with Crippen LogP contribution < -0.4 is 4.90 Å². The van der Waals surface area contributed by atoms with Crippen LogP contribution in [0.15, 0.2) is 16.7 Å². The van der Waals surface area contributed by atoms with Crippen molar-refractivity contribution in [2.75, 3.05) is 23.9 Å². The summed E-state index contributed by atoms with van der Waals surface area (Å²) in [6.45, 7) is 5.71. The highest BCUT2D eigenvalue weighted by atomic mass is 35.5. The van der Waals surface area contributed by atoms with Gasteiger partial charge in [-0.1, -0.05) is 13.0 Å². The zero-order valence-electron chi connectivity index (χ0n) is 13.6. The number of nitrogens with zero attached hydrogens (tertiary/aromatic N) is 3.